The summed E-state index contributed by atoms with van der Waals surface area (Å²) in [5.74, 6) is -0.647. The van der Waals surface area contributed by atoms with E-state index in [1.165, 1.54) is 6.08 Å². The first-order chi connectivity index (χ1) is 6.13. The van der Waals surface area contributed by atoms with Gasteiger partial charge in [0, 0.05) is 6.08 Å². The standard InChI is InChI=1S/C9H13NO3/c1-4-12-13-9(11)8(5-6-10)7(2)3/h5,7H,4H2,1-3H3/b8-5-. The maximum Gasteiger partial charge on any atom is 0.370 e. The third kappa shape index (κ3) is 4.28. The van der Waals surface area contributed by atoms with Crippen LogP contribution in [0.5, 0.6) is 0 Å². The van der Waals surface area contributed by atoms with Gasteiger partial charge in [-0.1, -0.05) is 13.8 Å². The fourth-order valence-electron chi connectivity index (χ4n) is 0.691. The Balaban J connectivity index is 4.32. The number of nitriles is 1. The van der Waals surface area contributed by atoms with Crippen LogP contribution in [0, 0.1) is 17.2 Å². The maximum atomic E-state index is 11.2. The first-order valence-electron chi connectivity index (χ1n) is 4.07. The lowest BCUT2D eigenvalue weighted by molar-refractivity contribution is -0.265. The Morgan fingerprint density at radius 1 is 1.62 bits per heavy atom. The van der Waals surface area contributed by atoms with E-state index in [9.17, 15) is 4.79 Å². The summed E-state index contributed by atoms with van der Waals surface area (Å²) in [4.78, 5) is 20.0. The Bertz CT molecular complexity index is 238. The van der Waals surface area contributed by atoms with Crippen molar-refractivity contribution in [2.24, 2.45) is 5.92 Å². The Morgan fingerprint density at radius 3 is 2.62 bits per heavy atom. The first kappa shape index (κ1) is 11.7. The Hall–Kier alpha value is -1.34. The van der Waals surface area contributed by atoms with E-state index < -0.39 is 5.97 Å². The number of nitrogens with zero attached hydrogens (tertiary/aromatic N) is 1. The number of rotatable bonds is 4. The fourth-order valence-corrected chi connectivity index (χ4v) is 0.691. The molecule has 0 atom stereocenters. The Labute approximate surface area is 77.7 Å². The highest BCUT2D eigenvalue weighted by Gasteiger charge is 2.15. The normalized spacial score (nSPS) is 11.2. The highest BCUT2D eigenvalue weighted by Crippen LogP contribution is 2.10. The summed E-state index contributed by atoms with van der Waals surface area (Å²) >= 11 is 0. The van der Waals surface area contributed by atoms with Gasteiger partial charge in [0.05, 0.1) is 18.2 Å². The fraction of sp³-hybridized carbons (Fsp3) is 0.556. The molecule has 0 unspecified atom stereocenters. The summed E-state index contributed by atoms with van der Waals surface area (Å²) in [6.07, 6.45) is 1.17. The minimum absolute atomic E-state index is 0.0485. The van der Waals surface area contributed by atoms with E-state index in [0.29, 0.717) is 12.2 Å². The molecular weight excluding hydrogens is 170 g/mol. The third-order valence-corrected chi connectivity index (χ3v) is 1.33. The highest BCUT2D eigenvalue weighted by atomic mass is 17.2. The number of hydrogen-bond acceptors (Lipinski definition) is 4. The molecule has 0 aliphatic heterocycles. The highest BCUT2D eigenvalue weighted by molar-refractivity contribution is 5.88. The van der Waals surface area contributed by atoms with E-state index in [2.05, 4.69) is 9.78 Å². The van der Waals surface area contributed by atoms with E-state index >= 15 is 0 Å². The largest absolute Gasteiger partial charge is 0.370 e. The molecule has 0 spiro atoms. The van der Waals surface area contributed by atoms with E-state index in [-0.39, 0.29) is 5.92 Å². The molecule has 0 amide bonds. The second-order valence-electron chi connectivity index (χ2n) is 2.66. The zero-order chi connectivity index (χ0) is 10.3. The molecule has 0 N–H and O–H groups in total. The second-order valence-corrected chi connectivity index (χ2v) is 2.66. The smallest absolute Gasteiger partial charge is 0.293 e. The van der Waals surface area contributed by atoms with Gasteiger partial charge in [-0.25, -0.2) is 4.79 Å². The molecule has 72 valence electrons. The van der Waals surface area contributed by atoms with Crippen LogP contribution in [0.15, 0.2) is 11.6 Å². The summed E-state index contributed by atoms with van der Waals surface area (Å²) in [7, 11) is 0. The van der Waals surface area contributed by atoms with Gasteiger partial charge < -0.3 is 0 Å². The van der Waals surface area contributed by atoms with Gasteiger partial charge in [0.2, 0.25) is 0 Å². The van der Waals surface area contributed by atoms with Crippen LogP contribution in [-0.2, 0) is 14.6 Å². The van der Waals surface area contributed by atoms with Gasteiger partial charge >= 0.3 is 5.97 Å². The summed E-state index contributed by atoms with van der Waals surface area (Å²) in [5.41, 5.74) is 0.316. The molecule has 0 saturated heterocycles. The molecule has 13 heavy (non-hydrogen) atoms. The van der Waals surface area contributed by atoms with Gasteiger partial charge in [-0.3, -0.25) is 4.89 Å². The third-order valence-electron chi connectivity index (χ3n) is 1.33. The minimum Gasteiger partial charge on any atom is -0.293 e. The first-order valence-corrected chi connectivity index (χ1v) is 4.07. The maximum absolute atomic E-state index is 11.2. The van der Waals surface area contributed by atoms with E-state index in [1.807, 2.05) is 0 Å². The number of carbonyl (C=O) groups excluding carboxylic acids is 1. The van der Waals surface area contributed by atoms with Crippen molar-refractivity contribution in [2.75, 3.05) is 6.61 Å². The number of hydrogen-bond donors (Lipinski definition) is 0. The molecule has 0 radical (unpaired) electrons. The molecule has 0 aromatic heterocycles. The molecule has 0 fully saturated rings. The quantitative estimate of drug-likeness (QED) is 0.287. The number of allylic oxidation sites excluding steroid dienone is 1. The second kappa shape index (κ2) is 6.21. The van der Waals surface area contributed by atoms with E-state index in [1.54, 1.807) is 26.8 Å². The molecule has 4 heteroatoms. The van der Waals surface area contributed by atoms with Gasteiger partial charge in [-0.2, -0.15) is 10.1 Å². The average Bonchev–Trinajstić information content (AvgIpc) is 2.09. The van der Waals surface area contributed by atoms with Gasteiger partial charge in [0.15, 0.2) is 0 Å². The van der Waals surface area contributed by atoms with Crippen LogP contribution >= 0.6 is 0 Å². The summed E-state index contributed by atoms with van der Waals surface area (Å²) in [6, 6.07) is 1.79. The predicted octanol–water partition coefficient (Wildman–Crippen LogP) is 1.59. The van der Waals surface area contributed by atoms with Crippen molar-refractivity contribution in [3.05, 3.63) is 11.6 Å². The zero-order valence-corrected chi connectivity index (χ0v) is 8.03. The van der Waals surface area contributed by atoms with Crippen molar-refractivity contribution in [1.29, 1.82) is 5.26 Å². The van der Waals surface area contributed by atoms with Crippen molar-refractivity contribution < 1.29 is 14.6 Å². The molecule has 0 aromatic carbocycles. The van der Waals surface area contributed by atoms with Crippen molar-refractivity contribution in [3.63, 3.8) is 0 Å². The molecule has 4 nitrogen and oxygen atoms in total. The topological polar surface area (TPSA) is 59.3 Å². The van der Waals surface area contributed by atoms with Crippen LogP contribution in [0.3, 0.4) is 0 Å². The average molecular weight is 183 g/mol. The Morgan fingerprint density at radius 2 is 2.23 bits per heavy atom. The van der Waals surface area contributed by atoms with Crippen LogP contribution in [0.4, 0.5) is 0 Å². The van der Waals surface area contributed by atoms with Crippen LogP contribution in [0.2, 0.25) is 0 Å². The summed E-state index contributed by atoms with van der Waals surface area (Å²) in [6.45, 7) is 5.60. The summed E-state index contributed by atoms with van der Waals surface area (Å²) in [5, 5.41) is 8.38. The Kier molecular flexibility index (Phi) is 5.57. The van der Waals surface area contributed by atoms with Gasteiger partial charge in [-0.05, 0) is 12.8 Å². The monoisotopic (exact) mass is 183 g/mol. The van der Waals surface area contributed by atoms with Crippen LogP contribution in [0.25, 0.3) is 0 Å². The minimum atomic E-state index is -0.599. The predicted molar refractivity (Wildman–Crippen MR) is 46.3 cm³/mol. The molecule has 0 saturated carbocycles. The lowest BCUT2D eigenvalue weighted by atomic mass is 10.0. The van der Waals surface area contributed by atoms with E-state index in [4.69, 9.17) is 5.26 Å². The van der Waals surface area contributed by atoms with Crippen LogP contribution in [-0.4, -0.2) is 12.6 Å². The molecule has 0 heterocycles. The van der Waals surface area contributed by atoms with Gasteiger partial charge in [-0.15, -0.1) is 0 Å². The van der Waals surface area contributed by atoms with Gasteiger partial charge in [0.25, 0.3) is 0 Å². The van der Waals surface area contributed by atoms with Crippen molar-refractivity contribution >= 4 is 5.97 Å². The molecule has 0 rings (SSSR count). The SMILES string of the molecule is CCOOC(=O)/C(=C\C#N)C(C)C. The van der Waals surface area contributed by atoms with Crippen molar-refractivity contribution in [2.45, 2.75) is 20.8 Å². The lowest BCUT2D eigenvalue weighted by Gasteiger charge is -2.07. The molecular formula is C9H13NO3. The molecule has 0 aliphatic carbocycles. The lowest BCUT2D eigenvalue weighted by Crippen LogP contribution is -2.12. The van der Waals surface area contributed by atoms with Crippen molar-refractivity contribution in [3.8, 4) is 6.07 Å². The van der Waals surface area contributed by atoms with Crippen LogP contribution < -0.4 is 0 Å². The van der Waals surface area contributed by atoms with Crippen LogP contribution in [0.1, 0.15) is 20.8 Å². The zero-order valence-electron chi connectivity index (χ0n) is 8.03. The van der Waals surface area contributed by atoms with Gasteiger partial charge in [0.1, 0.15) is 0 Å². The molecule has 0 aliphatic rings. The molecule has 0 aromatic rings. The van der Waals surface area contributed by atoms with Crippen molar-refractivity contribution in [1.82, 2.24) is 0 Å². The molecule has 0 bridgehead atoms. The summed E-state index contributed by atoms with van der Waals surface area (Å²) < 4.78 is 0. The number of carbonyl (C=O) groups is 1. The van der Waals surface area contributed by atoms with E-state index in [0.717, 1.165) is 0 Å².